The SMILES string of the molecule is CCNC(COC)C1CN(C)CCO1. The quantitative estimate of drug-likeness (QED) is 0.677. The van der Waals surface area contributed by atoms with Crippen LogP contribution in [0.4, 0.5) is 0 Å². The Hall–Kier alpha value is -0.160. The molecule has 1 saturated heterocycles. The van der Waals surface area contributed by atoms with Gasteiger partial charge < -0.3 is 19.7 Å². The molecule has 0 radical (unpaired) electrons. The van der Waals surface area contributed by atoms with E-state index in [0.717, 1.165) is 26.2 Å². The summed E-state index contributed by atoms with van der Waals surface area (Å²) in [6.07, 6.45) is 0.258. The number of nitrogens with zero attached hydrogens (tertiary/aromatic N) is 1. The predicted molar refractivity (Wildman–Crippen MR) is 56.6 cm³/mol. The van der Waals surface area contributed by atoms with Crippen molar-refractivity contribution >= 4 is 0 Å². The molecule has 0 bridgehead atoms. The van der Waals surface area contributed by atoms with Crippen LogP contribution >= 0.6 is 0 Å². The highest BCUT2D eigenvalue weighted by Crippen LogP contribution is 2.07. The molecule has 1 aliphatic heterocycles. The van der Waals surface area contributed by atoms with Crippen LogP contribution < -0.4 is 5.32 Å². The van der Waals surface area contributed by atoms with Crippen LogP contribution in [0.2, 0.25) is 0 Å². The van der Waals surface area contributed by atoms with Crippen LogP contribution in [0.5, 0.6) is 0 Å². The Labute approximate surface area is 86.6 Å². The molecule has 4 nitrogen and oxygen atoms in total. The summed E-state index contributed by atoms with van der Waals surface area (Å²) in [5.41, 5.74) is 0. The fourth-order valence-electron chi connectivity index (χ4n) is 1.79. The van der Waals surface area contributed by atoms with Gasteiger partial charge in [0.25, 0.3) is 0 Å². The molecular formula is C10H22N2O2. The Morgan fingerprint density at radius 2 is 2.43 bits per heavy atom. The summed E-state index contributed by atoms with van der Waals surface area (Å²) in [6.45, 7) is 6.62. The van der Waals surface area contributed by atoms with Crippen LogP contribution in [-0.4, -0.2) is 64.1 Å². The predicted octanol–water partition coefficient (Wildman–Crippen LogP) is -0.0585. The first-order chi connectivity index (χ1) is 6.77. The van der Waals surface area contributed by atoms with E-state index in [0.29, 0.717) is 12.6 Å². The van der Waals surface area contributed by atoms with E-state index in [4.69, 9.17) is 9.47 Å². The number of methoxy groups -OCH3 is 1. The number of nitrogens with one attached hydrogen (secondary N) is 1. The van der Waals surface area contributed by atoms with Crippen molar-refractivity contribution < 1.29 is 9.47 Å². The van der Waals surface area contributed by atoms with E-state index in [9.17, 15) is 0 Å². The Balaban J connectivity index is 2.39. The minimum absolute atomic E-state index is 0.258. The standard InChI is InChI=1S/C10H22N2O2/c1-4-11-9(8-13-3)10-7-12(2)5-6-14-10/h9-11H,4-8H2,1-3H3. The van der Waals surface area contributed by atoms with E-state index in [2.05, 4.69) is 24.2 Å². The van der Waals surface area contributed by atoms with E-state index in [-0.39, 0.29) is 6.10 Å². The molecular weight excluding hydrogens is 180 g/mol. The third kappa shape index (κ3) is 3.53. The van der Waals surface area contributed by atoms with Gasteiger partial charge in [0.15, 0.2) is 0 Å². The van der Waals surface area contributed by atoms with E-state index >= 15 is 0 Å². The number of hydrogen-bond acceptors (Lipinski definition) is 4. The second-order valence-corrected chi connectivity index (χ2v) is 3.79. The number of likely N-dealkylation sites (N-methyl/N-ethyl adjacent to an activating group) is 2. The number of ether oxygens (including phenoxy) is 2. The first kappa shape index (κ1) is 11.9. The third-order valence-electron chi connectivity index (χ3n) is 2.56. The molecule has 4 heteroatoms. The van der Waals surface area contributed by atoms with Gasteiger partial charge in [-0.15, -0.1) is 0 Å². The molecule has 0 aliphatic carbocycles. The minimum atomic E-state index is 0.258. The Kier molecular flexibility index (Phi) is 5.40. The summed E-state index contributed by atoms with van der Waals surface area (Å²) in [7, 11) is 3.86. The molecule has 0 aromatic heterocycles. The summed E-state index contributed by atoms with van der Waals surface area (Å²) in [5, 5.41) is 3.40. The smallest absolute Gasteiger partial charge is 0.0877 e. The molecule has 84 valence electrons. The molecule has 14 heavy (non-hydrogen) atoms. The highest BCUT2D eigenvalue weighted by molar-refractivity contribution is 4.81. The second-order valence-electron chi connectivity index (χ2n) is 3.79. The Morgan fingerprint density at radius 3 is 3.00 bits per heavy atom. The number of morpholine rings is 1. The lowest BCUT2D eigenvalue weighted by molar-refractivity contribution is -0.0508. The van der Waals surface area contributed by atoms with Gasteiger partial charge in [0.2, 0.25) is 0 Å². The second kappa shape index (κ2) is 6.35. The summed E-state index contributed by atoms with van der Waals surface area (Å²) < 4.78 is 10.9. The fourth-order valence-corrected chi connectivity index (χ4v) is 1.79. The summed E-state index contributed by atoms with van der Waals surface area (Å²) in [6, 6.07) is 0.313. The van der Waals surface area contributed by atoms with Crippen molar-refractivity contribution in [3.63, 3.8) is 0 Å². The number of hydrogen-bond donors (Lipinski definition) is 1. The monoisotopic (exact) mass is 202 g/mol. The van der Waals surface area contributed by atoms with Gasteiger partial charge in [-0.1, -0.05) is 6.92 Å². The molecule has 1 rings (SSSR count). The van der Waals surface area contributed by atoms with Gasteiger partial charge in [-0.05, 0) is 13.6 Å². The molecule has 1 aliphatic rings. The highest BCUT2D eigenvalue weighted by atomic mass is 16.5. The molecule has 0 aromatic carbocycles. The number of rotatable bonds is 5. The van der Waals surface area contributed by atoms with Gasteiger partial charge in [-0.2, -0.15) is 0 Å². The lowest BCUT2D eigenvalue weighted by Crippen LogP contribution is -2.53. The summed E-state index contributed by atoms with van der Waals surface area (Å²) in [4.78, 5) is 2.30. The van der Waals surface area contributed by atoms with Gasteiger partial charge in [0.1, 0.15) is 0 Å². The molecule has 1 fully saturated rings. The first-order valence-electron chi connectivity index (χ1n) is 5.30. The molecule has 1 N–H and O–H groups in total. The maximum absolute atomic E-state index is 5.73. The fraction of sp³-hybridized carbons (Fsp3) is 1.00. The molecule has 0 spiro atoms. The Morgan fingerprint density at radius 1 is 1.64 bits per heavy atom. The van der Waals surface area contributed by atoms with Crippen molar-refractivity contribution in [3.8, 4) is 0 Å². The molecule has 1 heterocycles. The van der Waals surface area contributed by atoms with Crippen molar-refractivity contribution in [1.29, 1.82) is 0 Å². The average molecular weight is 202 g/mol. The van der Waals surface area contributed by atoms with Crippen LogP contribution in [0.25, 0.3) is 0 Å². The van der Waals surface area contributed by atoms with Crippen LogP contribution in [0, 0.1) is 0 Å². The van der Waals surface area contributed by atoms with Crippen LogP contribution in [0.1, 0.15) is 6.92 Å². The van der Waals surface area contributed by atoms with Gasteiger partial charge >= 0.3 is 0 Å². The van der Waals surface area contributed by atoms with E-state index in [1.165, 1.54) is 0 Å². The minimum Gasteiger partial charge on any atom is -0.383 e. The van der Waals surface area contributed by atoms with E-state index in [1.54, 1.807) is 7.11 Å². The maximum Gasteiger partial charge on any atom is 0.0877 e. The van der Waals surface area contributed by atoms with Crippen LogP contribution in [0.15, 0.2) is 0 Å². The third-order valence-corrected chi connectivity index (χ3v) is 2.56. The molecule has 2 atom stereocenters. The van der Waals surface area contributed by atoms with Gasteiger partial charge in [-0.3, -0.25) is 0 Å². The van der Waals surface area contributed by atoms with E-state index < -0.39 is 0 Å². The van der Waals surface area contributed by atoms with Gasteiger partial charge in [0, 0.05) is 20.2 Å². The molecule has 0 saturated carbocycles. The lowest BCUT2D eigenvalue weighted by Gasteiger charge is -2.35. The Bertz CT molecular complexity index is 146. The topological polar surface area (TPSA) is 33.7 Å². The average Bonchev–Trinajstić information content (AvgIpc) is 2.17. The van der Waals surface area contributed by atoms with Gasteiger partial charge in [-0.25, -0.2) is 0 Å². The zero-order valence-corrected chi connectivity index (χ0v) is 9.45. The first-order valence-corrected chi connectivity index (χ1v) is 5.30. The van der Waals surface area contributed by atoms with E-state index in [1.807, 2.05) is 0 Å². The lowest BCUT2D eigenvalue weighted by atomic mass is 10.1. The zero-order chi connectivity index (χ0) is 10.4. The van der Waals surface area contributed by atoms with Crippen molar-refractivity contribution in [2.24, 2.45) is 0 Å². The maximum atomic E-state index is 5.73. The molecule has 0 amide bonds. The van der Waals surface area contributed by atoms with Crippen molar-refractivity contribution in [2.45, 2.75) is 19.1 Å². The summed E-state index contributed by atoms with van der Waals surface area (Å²) in [5.74, 6) is 0. The zero-order valence-electron chi connectivity index (χ0n) is 9.45. The van der Waals surface area contributed by atoms with Crippen molar-refractivity contribution in [2.75, 3.05) is 47.0 Å². The van der Waals surface area contributed by atoms with Crippen LogP contribution in [0.3, 0.4) is 0 Å². The largest absolute Gasteiger partial charge is 0.383 e. The van der Waals surface area contributed by atoms with Crippen LogP contribution in [-0.2, 0) is 9.47 Å². The normalized spacial score (nSPS) is 26.4. The molecule has 2 unspecified atom stereocenters. The molecule has 0 aromatic rings. The summed E-state index contributed by atoms with van der Waals surface area (Å²) >= 11 is 0. The highest BCUT2D eigenvalue weighted by Gasteiger charge is 2.25. The van der Waals surface area contributed by atoms with Crippen molar-refractivity contribution in [3.05, 3.63) is 0 Å². The van der Waals surface area contributed by atoms with Gasteiger partial charge in [0.05, 0.1) is 25.4 Å². The van der Waals surface area contributed by atoms with Crippen molar-refractivity contribution in [1.82, 2.24) is 10.2 Å².